The number of likely N-dealkylation sites (tertiary alicyclic amines) is 2. The highest BCUT2D eigenvalue weighted by molar-refractivity contribution is 5.82. The van der Waals surface area contributed by atoms with Crippen molar-refractivity contribution in [3.8, 4) is 0 Å². The fourth-order valence-corrected chi connectivity index (χ4v) is 4.96. The van der Waals surface area contributed by atoms with Gasteiger partial charge in [-0.05, 0) is 78.7 Å². The number of amides is 1. The van der Waals surface area contributed by atoms with Crippen molar-refractivity contribution in [1.82, 2.24) is 30.1 Å². The first-order chi connectivity index (χ1) is 15.0. The van der Waals surface area contributed by atoms with Gasteiger partial charge in [0, 0.05) is 12.6 Å². The first kappa shape index (κ1) is 22.0. The number of aryl methyl sites for hydroxylation is 2. The van der Waals surface area contributed by atoms with E-state index in [4.69, 9.17) is 4.52 Å². The molecule has 2 aromatic rings. The lowest BCUT2D eigenvalue weighted by Crippen LogP contribution is -2.47. The minimum Gasteiger partial charge on any atom is -0.360 e. The van der Waals surface area contributed by atoms with Crippen LogP contribution in [0.1, 0.15) is 50.0 Å². The summed E-state index contributed by atoms with van der Waals surface area (Å²) in [6.45, 7) is 9.86. The summed E-state index contributed by atoms with van der Waals surface area (Å²) in [5.41, 5.74) is 0.462. The number of aromatic nitrogens is 3. The third kappa shape index (κ3) is 5.15. The third-order valence-corrected chi connectivity index (χ3v) is 6.66. The average molecular weight is 431 g/mol. The van der Waals surface area contributed by atoms with Crippen LogP contribution >= 0.6 is 0 Å². The van der Waals surface area contributed by atoms with Gasteiger partial charge >= 0.3 is 0 Å². The van der Waals surface area contributed by atoms with Gasteiger partial charge in [-0.15, -0.1) is 0 Å². The largest absolute Gasteiger partial charge is 0.360 e. The molecule has 0 unspecified atom stereocenters. The summed E-state index contributed by atoms with van der Waals surface area (Å²) in [6.07, 6.45) is 7.51. The average Bonchev–Trinajstić information content (AvgIpc) is 3.18. The van der Waals surface area contributed by atoms with E-state index in [-0.39, 0.29) is 18.0 Å². The summed E-state index contributed by atoms with van der Waals surface area (Å²) in [4.78, 5) is 30.0. The molecule has 0 atom stereocenters. The summed E-state index contributed by atoms with van der Waals surface area (Å²) in [7, 11) is 0. The molecule has 170 valence electrons. The minimum absolute atomic E-state index is 0.108. The van der Waals surface area contributed by atoms with Gasteiger partial charge in [-0.2, -0.15) is 5.10 Å². The van der Waals surface area contributed by atoms with Gasteiger partial charge in [-0.1, -0.05) is 11.6 Å². The van der Waals surface area contributed by atoms with Crippen molar-refractivity contribution in [2.24, 2.45) is 0 Å². The van der Waals surface area contributed by atoms with Gasteiger partial charge in [0.05, 0.1) is 11.1 Å². The molecular weight excluding hydrogens is 396 g/mol. The fraction of sp³-hybridized carbons (Fsp3) is 0.727. The Kier molecular flexibility index (Phi) is 7.02. The van der Waals surface area contributed by atoms with Gasteiger partial charge in [0.15, 0.2) is 5.52 Å². The number of carbonyl (C=O) groups excluding carboxylic acids is 1. The van der Waals surface area contributed by atoms with Crippen molar-refractivity contribution in [3.63, 3.8) is 0 Å². The van der Waals surface area contributed by atoms with Crippen molar-refractivity contribution in [1.29, 1.82) is 0 Å². The van der Waals surface area contributed by atoms with Gasteiger partial charge in [-0.3, -0.25) is 9.59 Å². The zero-order chi connectivity index (χ0) is 21.8. The molecule has 0 spiro atoms. The van der Waals surface area contributed by atoms with Crippen LogP contribution in [0.4, 0.5) is 0 Å². The topological polar surface area (TPSA) is 96.5 Å². The Bertz CT molecular complexity index is 954. The van der Waals surface area contributed by atoms with Crippen LogP contribution in [0.2, 0.25) is 0 Å². The molecule has 2 aromatic heterocycles. The van der Waals surface area contributed by atoms with E-state index in [0.29, 0.717) is 23.4 Å². The highest BCUT2D eigenvalue weighted by atomic mass is 16.5. The number of rotatable bonds is 7. The summed E-state index contributed by atoms with van der Waals surface area (Å²) < 4.78 is 6.27. The smallest absolute Gasteiger partial charge is 0.297 e. The zero-order valence-corrected chi connectivity index (χ0v) is 18.7. The standard InChI is InChI=1S/C22H34N6O3/c1-16-20-17(2)31-25-21(20)22(30)28(24-16)15-19(29)23-9-6-10-26-13-7-18(8-14-26)27-11-4-3-5-12-27/h18H,3-15H2,1-2H3,(H,23,29). The van der Waals surface area contributed by atoms with E-state index in [1.54, 1.807) is 13.8 Å². The Morgan fingerprint density at radius 1 is 1.13 bits per heavy atom. The highest BCUT2D eigenvalue weighted by Gasteiger charge is 2.25. The number of fused-ring (bicyclic) bond motifs is 1. The Morgan fingerprint density at radius 2 is 1.87 bits per heavy atom. The maximum Gasteiger partial charge on any atom is 0.297 e. The molecule has 1 amide bonds. The van der Waals surface area contributed by atoms with Crippen LogP contribution in [-0.2, 0) is 11.3 Å². The Hall–Kier alpha value is -2.26. The maximum atomic E-state index is 12.5. The predicted octanol–water partition coefficient (Wildman–Crippen LogP) is 1.46. The SMILES string of the molecule is Cc1nn(CC(=O)NCCCN2CCC(N3CCCCC3)CC2)c(=O)c2noc(C)c12. The minimum atomic E-state index is -0.399. The predicted molar refractivity (Wildman–Crippen MR) is 118 cm³/mol. The van der Waals surface area contributed by atoms with E-state index >= 15 is 0 Å². The number of hydrogen-bond donors (Lipinski definition) is 1. The van der Waals surface area contributed by atoms with Crippen molar-refractivity contribution >= 4 is 16.8 Å². The van der Waals surface area contributed by atoms with Gasteiger partial charge in [0.25, 0.3) is 5.56 Å². The molecule has 31 heavy (non-hydrogen) atoms. The molecule has 9 heteroatoms. The van der Waals surface area contributed by atoms with E-state index in [1.807, 2.05) is 0 Å². The molecule has 2 saturated heterocycles. The second-order valence-corrected chi connectivity index (χ2v) is 8.88. The fourth-order valence-electron chi connectivity index (χ4n) is 4.96. The molecule has 0 aliphatic carbocycles. The molecule has 2 aliphatic heterocycles. The second-order valence-electron chi connectivity index (χ2n) is 8.88. The van der Waals surface area contributed by atoms with Gasteiger partial charge in [-0.25, -0.2) is 4.68 Å². The molecule has 0 bridgehead atoms. The van der Waals surface area contributed by atoms with Crippen LogP contribution in [0.3, 0.4) is 0 Å². The van der Waals surface area contributed by atoms with Gasteiger partial charge in [0.1, 0.15) is 12.3 Å². The summed E-state index contributed by atoms with van der Waals surface area (Å²) in [5.74, 6) is 0.353. The molecular formula is C22H34N6O3. The second kappa shape index (κ2) is 9.91. The number of piperidine rings is 2. The van der Waals surface area contributed by atoms with E-state index in [9.17, 15) is 9.59 Å². The molecule has 1 N–H and O–H groups in total. The van der Waals surface area contributed by atoms with Crippen LogP contribution in [0.25, 0.3) is 10.9 Å². The number of carbonyl (C=O) groups is 1. The van der Waals surface area contributed by atoms with Crippen LogP contribution in [0.15, 0.2) is 9.32 Å². The maximum absolute atomic E-state index is 12.5. The lowest BCUT2D eigenvalue weighted by atomic mass is 10.00. The van der Waals surface area contributed by atoms with Gasteiger partial charge in [0.2, 0.25) is 5.91 Å². The van der Waals surface area contributed by atoms with Gasteiger partial charge < -0.3 is 19.6 Å². The van der Waals surface area contributed by atoms with Crippen LogP contribution in [0, 0.1) is 13.8 Å². The summed E-state index contributed by atoms with van der Waals surface area (Å²) >= 11 is 0. The van der Waals surface area contributed by atoms with E-state index in [0.717, 1.165) is 32.1 Å². The first-order valence-corrected chi connectivity index (χ1v) is 11.6. The molecule has 0 saturated carbocycles. The Labute approximate surface area is 182 Å². The van der Waals surface area contributed by atoms with Crippen LogP contribution in [0.5, 0.6) is 0 Å². The normalized spacial score (nSPS) is 19.2. The lowest BCUT2D eigenvalue weighted by molar-refractivity contribution is -0.121. The quantitative estimate of drug-likeness (QED) is 0.664. The first-order valence-electron chi connectivity index (χ1n) is 11.6. The van der Waals surface area contributed by atoms with Crippen molar-refractivity contribution in [2.45, 2.75) is 65.0 Å². The van der Waals surface area contributed by atoms with Crippen LogP contribution in [-0.4, -0.2) is 76.0 Å². The third-order valence-electron chi connectivity index (χ3n) is 6.66. The van der Waals surface area contributed by atoms with Crippen molar-refractivity contribution in [3.05, 3.63) is 21.8 Å². The van der Waals surface area contributed by atoms with E-state index in [2.05, 4.69) is 25.4 Å². The van der Waals surface area contributed by atoms with E-state index < -0.39 is 5.56 Å². The monoisotopic (exact) mass is 430 g/mol. The molecule has 4 heterocycles. The zero-order valence-electron chi connectivity index (χ0n) is 18.7. The Morgan fingerprint density at radius 3 is 2.61 bits per heavy atom. The molecule has 2 fully saturated rings. The number of hydrogen-bond acceptors (Lipinski definition) is 7. The molecule has 0 radical (unpaired) electrons. The number of nitrogens with one attached hydrogen (secondary N) is 1. The summed E-state index contributed by atoms with van der Waals surface area (Å²) in [6, 6.07) is 0.761. The van der Waals surface area contributed by atoms with Crippen molar-refractivity contribution in [2.75, 3.05) is 39.3 Å². The molecule has 4 rings (SSSR count). The summed E-state index contributed by atoms with van der Waals surface area (Å²) in [5, 5.41) is 11.6. The lowest BCUT2D eigenvalue weighted by Gasteiger charge is -2.40. The van der Waals surface area contributed by atoms with Crippen LogP contribution < -0.4 is 10.9 Å². The van der Waals surface area contributed by atoms with Crippen molar-refractivity contribution < 1.29 is 9.32 Å². The Balaban J connectivity index is 1.18. The number of nitrogens with zero attached hydrogens (tertiary/aromatic N) is 5. The molecule has 9 nitrogen and oxygen atoms in total. The molecule has 2 aliphatic rings. The highest BCUT2D eigenvalue weighted by Crippen LogP contribution is 2.21. The van der Waals surface area contributed by atoms with E-state index in [1.165, 1.54) is 49.9 Å². The molecule has 0 aromatic carbocycles.